The zero-order valence-corrected chi connectivity index (χ0v) is 13.0. The van der Waals surface area contributed by atoms with Gasteiger partial charge >= 0.3 is 0 Å². The van der Waals surface area contributed by atoms with E-state index in [9.17, 15) is 4.79 Å². The second-order valence-electron chi connectivity index (χ2n) is 4.38. The van der Waals surface area contributed by atoms with Crippen LogP contribution >= 0.6 is 12.4 Å². The van der Waals surface area contributed by atoms with Gasteiger partial charge in [-0.2, -0.15) is 0 Å². The fourth-order valence-electron chi connectivity index (χ4n) is 1.66. The molecule has 0 saturated heterocycles. The van der Waals surface area contributed by atoms with Crippen LogP contribution in [0.1, 0.15) is 25.8 Å². The van der Waals surface area contributed by atoms with Crippen molar-refractivity contribution in [2.75, 3.05) is 13.7 Å². The van der Waals surface area contributed by atoms with Crippen LogP contribution in [0.3, 0.4) is 0 Å². The number of carbonyl (C=O) groups is 1. The lowest BCUT2D eigenvalue weighted by molar-refractivity contribution is -0.121. The van der Waals surface area contributed by atoms with Gasteiger partial charge in [-0.3, -0.25) is 4.79 Å². The summed E-state index contributed by atoms with van der Waals surface area (Å²) in [4.78, 5) is 11.5. The van der Waals surface area contributed by atoms with E-state index in [1.165, 1.54) is 0 Å². The van der Waals surface area contributed by atoms with Crippen molar-refractivity contribution in [2.24, 2.45) is 5.73 Å². The topological polar surface area (TPSA) is 73.6 Å². The number of nitrogens with one attached hydrogen (secondary N) is 1. The molecule has 0 bridgehead atoms. The molecule has 1 aromatic carbocycles. The molecule has 0 heterocycles. The molecule has 6 heteroatoms. The van der Waals surface area contributed by atoms with E-state index in [0.717, 1.165) is 5.56 Å². The number of halogens is 1. The second-order valence-corrected chi connectivity index (χ2v) is 4.38. The molecular formula is C14H23ClN2O3. The molecule has 1 unspecified atom stereocenters. The first-order valence-corrected chi connectivity index (χ1v) is 6.38. The molecule has 3 N–H and O–H groups in total. The van der Waals surface area contributed by atoms with Crippen molar-refractivity contribution in [3.63, 3.8) is 0 Å². The predicted molar refractivity (Wildman–Crippen MR) is 81.5 cm³/mol. The van der Waals surface area contributed by atoms with E-state index in [0.29, 0.717) is 31.1 Å². The van der Waals surface area contributed by atoms with E-state index in [1.807, 2.05) is 25.1 Å². The third kappa shape index (κ3) is 6.12. The molecule has 20 heavy (non-hydrogen) atoms. The van der Waals surface area contributed by atoms with Crippen molar-refractivity contribution in [1.82, 2.24) is 5.32 Å². The Morgan fingerprint density at radius 1 is 1.40 bits per heavy atom. The molecule has 114 valence electrons. The van der Waals surface area contributed by atoms with Crippen LogP contribution in [0, 0.1) is 0 Å². The van der Waals surface area contributed by atoms with Crippen molar-refractivity contribution >= 4 is 18.3 Å². The van der Waals surface area contributed by atoms with Gasteiger partial charge in [-0.15, -0.1) is 12.4 Å². The zero-order valence-electron chi connectivity index (χ0n) is 12.1. The lowest BCUT2D eigenvalue weighted by atomic mass is 10.2. The highest BCUT2D eigenvalue weighted by atomic mass is 35.5. The summed E-state index contributed by atoms with van der Waals surface area (Å²) in [6.07, 6.45) is 0.328. The van der Waals surface area contributed by atoms with E-state index in [1.54, 1.807) is 14.0 Å². The van der Waals surface area contributed by atoms with Gasteiger partial charge in [0.25, 0.3) is 0 Å². The number of benzene rings is 1. The van der Waals surface area contributed by atoms with Crippen molar-refractivity contribution in [1.29, 1.82) is 0 Å². The quantitative estimate of drug-likeness (QED) is 0.806. The Balaban J connectivity index is 0.00000361. The normalized spacial score (nSPS) is 11.2. The molecule has 0 spiro atoms. The number of hydrogen-bond donors (Lipinski definition) is 2. The predicted octanol–water partition coefficient (Wildman–Crippen LogP) is 1.87. The maximum atomic E-state index is 11.5. The van der Waals surface area contributed by atoms with Crippen LogP contribution in [0.5, 0.6) is 11.5 Å². The van der Waals surface area contributed by atoms with Crippen LogP contribution in [0.4, 0.5) is 0 Å². The third-order valence-electron chi connectivity index (χ3n) is 2.52. The van der Waals surface area contributed by atoms with Gasteiger partial charge in [-0.25, -0.2) is 0 Å². The molecule has 0 aliphatic rings. The summed E-state index contributed by atoms with van der Waals surface area (Å²) < 4.78 is 10.7. The van der Waals surface area contributed by atoms with E-state index in [4.69, 9.17) is 15.2 Å². The second kappa shape index (κ2) is 9.44. The van der Waals surface area contributed by atoms with Crippen molar-refractivity contribution in [2.45, 2.75) is 32.9 Å². The number of methoxy groups -OCH3 is 1. The molecule has 1 atom stereocenters. The molecule has 1 aromatic rings. The maximum Gasteiger partial charge on any atom is 0.221 e. The largest absolute Gasteiger partial charge is 0.493 e. The zero-order chi connectivity index (χ0) is 14.3. The van der Waals surface area contributed by atoms with Gasteiger partial charge in [0.05, 0.1) is 13.7 Å². The standard InChI is InChI=1S/C14H22N2O3.ClH/c1-4-19-12-6-5-11(8-13(12)18-3)9-16-14(17)7-10(2)15;/h5-6,8,10H,4,7,9,15H2,1-3H3,(H,16,17);1H. The third-order valence-corrected chi connectivity index (χ3v) is 2.52. The average Bonchev–Trinajstić information content (AvgIpc) is 2.37. The Morgan fingerprint density at radius 3 is 2.65 bits per heavy atom. The smallest absolute Gasteiger partial charge is 0.221 e. The molecule has 1 rings (SSSR count). The summed E-state index contributed by atoms with van der Waals surface area (Å²) >= 11 is 0. The Labute approximate surface area is 126 Å². The SMILES string of the molecule is CCOc1ccc(CNC(=O)CC(C)N)cc1OC.Cl. The minimum Gasteiger partial charge on any atom is -0.493 e. The Morgan fingerprint density at radius 2 is 2.10 bits per heavy atom. The summed E-state index contributed by atoms with van der Waals surface area (Å²) in [5, 5.41) is 2.82. The molecule has 5 nitrogen and oxygen atoms in total. The van der Waals surface area contributed by atoms with Crippen molar-refractivity contribution in [3.8, 4) is 11.5 Å². The molecule has 0 fully saturated rings. The molecule has 1 amide bonds. The Kier molecular flexibility index (Phi) is 8.76. The van der Waals surface area contributed by atoms with Crippen molar-refractivity contribution < 1.29 is 14.3 Å². The first kappa shape index (κ1) is 18.5. The molecular weight excluding hydrogens is 280 g/mol. The molecule has 0 aliphatic carbocycles. The number of carbonyl (C=O) groups excluding carboxylic acids is 1. The summed E-state index contributed by atoms with van der Waals surface area (Å²) in [7, 11) is 1.59. The van der Waals surface area contributed by atoms with E-state index >= 15 is 0 Å². The van der Waals surface area contributed by atoms with Gasteiger partial charge in [0.15, 0.2) is 11.5 Å². The highest BCUT2D eigenvalue weighted by Crippen LogP contribution is 2.27. The van der Waals surface area contributed by atoms with Gasteiger partial charge in [-0.1, -0.05) is 6.07 Å². The van der Waals surface area contributed by atoms with Crippen LogP contribution in [-0.4, -0.2) is 25.7 Å². The van der Waals surface area contributed by atoms with Crippen molar-refractivity contribution in [3.05, 3.63) is 23.8 Å². The van der Waals surface area contributed by atoms with Gasteiger partial charge < -0.3 is 20.5 Å². The minimum absolute atomic E-state index is 0. The van der Waals surface area contributed by atoms with Crippen LogP contribution in [-0.2, 0) is 11.3 Å². The summed E-state index contributed by atoms with van der Waals surface area (Å²) in [6.45, 7) is 4.76. The average molecular weight is 303 g/mol. The summed E-state index contributed by atoms with van der Waals surface area (Å²) in [5.41, 5.74) is 6.52. The monoisotopic (exact) mass is 302 g/mol. The van der Waals surface area contributed by atoms with Gasteiger partial charge in [0.1, 0.15) is 0 Å². The van der Waals surface area contributed by atoms with Crippen LogP contribution in [0.2, 0.25) is 0 Å². The number of nitrogens with two attached hydrogens (primary N) is 1. The highest BCUT2D eigenvalue weighted by molar-refractivity contribution is 5.85. The molecule has 0 aromatic heterocycles. The fourth-order valence-corrected chi connectivity index (χ4v) is 1.66. The maximum absolute atomic E-state index is 11.5. The molecule has 0 radical (unpaired) electrons. The van der Waals surface area contributed by atoms with E-state index in [-0.39, 0.29) is 24.4 Å². The fraction of sp³-hybridized carbons (Fsp3) is 0.500. The molecule has 0 saturated carbocycles. The Bertz CT molecular complexity index is 425. The van der Waals surface area contributed by atoms with Gasteiger partial charge in [0.2, 0.25) is 5.91 Å². The van der Waals surface area contributed by atoms with Crippen LogP contribution < -0.4 is 20.5 Å². The lowest BCUT2D eigenvalue weighted by Gasteiger charge is -2.12. The van der Waals surface area contributed by atoms with Gasteiger partial charge in [0, 0.05) is 19.0 Å². The van der Waals surface area contributed by atoms with Crippen LogP contribution in [0.25, 0.3) is 0 Å². The first-order chi connectivity index (χ1) is 9.06. The number of hydrogen-bond acceptors (Lipinski definition) is 4. The number of ether oxygens (including phenoxy) is 2. The minimum atomic E-state index is -0.130. The molecule has 0 aliphatic heterocycles. The Hall–Kier alpha value is -1.46. The summed E-state index contributed by atoms with van der Waals surface area (Å²) in [6, 6.07) is 5.47. The summed E-state index contributed by atoms with van der Waals surface area (Å²) in [5.74, 6) is 1.32. The van der Waals surface area contributed by atoms with Crippen LogP contribution in [0.15, 0.2) is 18.2 Å². The van der Waals surface area contributed by atoms with Gasteiger partial charge in [-0.05, 0) is 31.5 Å². The highest BCUT2D eigenvalue weighted by Gasteiger charge is 2.07. The number of rotatable bonds is 7. The lowest BCUT2D eigenvalue weighted by Crippen LogP contribution is -2.29. The first-order valence-electron chi connectivity index (χ1n) is 6.38. The van der Waals surface area contributed by atoms with E-state index < -0.39 is 0 Å². The van der Waals surface area contributed by atoms with E-state index in [2.05, 4.69) is 5.32 Å². The number of amides is 1.